The average Bonchev–Trinajstić information content (AvgIpc) is 2.68. The van der Waals surface area contributed by atoms with E-state index < -0.39 is 0 Å². The Morgan fingerprint density at radius 1 is 0.923 bits per heavy atom. The van der Waals surface area contributed by atoms with Crippen molar-refractivity contribution in [1.82, 2.24) is 0 Å². The number of halogens is 1. The van der Waals surface area contributed by atoms with E-state index in [0.717, 1.165) is 27.5 Å². The van der Waals surface area contributed by atoms with Crippen molar-refractivity contribution >= 4 is 34.7 Å². The predicted octanol–water partition coefficient (Wildman–Crippen LogP) is 5.59. The van der Waals surface area contributed by atoms with Crippen LogP contribution in [0.15, 0.2) is 89.1 Å². The second kappa shape index (κ2) is 9.22. The van der Waals surface area contributed by atoms with Crippen LogP contribution in [0.5, 0.6) is 0 Å². The van der Waals surface area contributed by atoms with Gasteiger partial charge in [-0.25, -0.2) is 0 Å². The lowest BCUT2D eigenvalue weighted by molar-refractivity contribution is 1.25. The van der Waals surface area contributed by atoms with Crippen LogP contribution in [0.1, 0.15) is 11.1 Å². The van der Waals surface area contributed by atoms with Gasteiger partial charge >= 0.3 is 0 Å². The Kier molecular flexibility index (Phi) is 6.47. The van der Waals surface area contributed by atoms with Crippen LogP contribution in [-0.4, -0.2) is 11.4 Å². The van der Waals surface area contributed by atoms with Crippen molar-refractivity contribution in [3.63, 3.8) is 0 Å². The molecule has 3 aromatic rings. The fraction of sp³-hybridized carbons (Fsp3) is 0.0476. The third-order valence-electron chi connectivity index (χ3n) is 3.69. The van der Waals surface area contributed by atoms with E-state index in [1.807, 2.05) is 66.7 Å². The van der Waals surface area contributed by atoms with Crippen LogP contribution in [0.2, 0.25) is 5.02 Å². The van der Waals surface area contributed by atoms with Gasteiger partial charge < -0.3 is 5.73 Å². The van der Waals surface area contributed by atoms with Crippen molar-refractivity contribution in [3.8, 4) is 11.1 Å². The lowest BCUT2D eigenvalue weighted by atomic mass is 10.0. The third-order valence-corrected chi connectivity index (χ3v) is 4.87. The zero-order chi connectivity index (χ0) is 18.2. The standard InChI is InChI=1S/C21H18ClN3S/c22-20-9-5-4-8-19(20)18-12-10-16(11-13-18)14-24-25-21(23)26-15-17-6-2-1-3-7-17/h1-14H,15H2,(H2,23,25). The highest BCUT2D eigenvalue weighted by Gasteiger charge is 2.01. The van der Waals surface area contributed by atoms with Gasteiger partial charge in [0.1, 0.15) is 0 Å². The highest BCUT2D eigenvalue weighted by molar-refractivity contribution is 8.13. The molecule has 0 atom stereocenters. The summed E-state index contributed by atoms with van der Waals surface area (Å²) in [4.78, 5) is 0. The van der Waals surface area contributed by atoms with Crippen LogP contribution in [0, 0.1) is 0 Å². The summed E-state index contributed by atoms with van der Waals surface area (Å²) < 4.78 is 0. The molecule has 2 N–H and O–H groups in total. The number of amidine groups is 1. The molecule has 0 aliphatic rings. The van der Waals surface area contributed by atoms with Crippen LogP contribution in [0.25, 0.3) is 11.1 Å². The van der Waals surface area contributed by atoms with Gasteiger partial charge in [-0.05, 0) is 22.8 Å². The van der Waals surface area contributed by atoms with E-state index in [-0.39, 0.29) is 0 Å². The first kappa shape index (κ1) is 18.2. The molecule has 0 spiro atoms. The van der Waals surface area contributed by atoms with Crippen LogP contribution < -0.4 is 5.73 Å². The summed E-state index contributed by atoms with van der Waals surface area (Å²) in [5.74, 6) is 0.776. The van der Waals surface area contributed by atoms with Gasteiger partial charge in [0.25, 0.3) is 0 Å². The number of hydrogen-bond acceptors (Lipinski definition) is 3. The topological polar surface area (TPSA) is 50.7 Å². The Morgan fingerprint density at radius 3 is 2.35 bits per heavy atom. The van der Waals surface area contributed by atoms with Crippen LogP contribution in [0.4, 0.5) is 0 Å². The number of hydrogen-bond donors (Lipinski definition) is 1. The first-order valence-electron chi connectivity index (χ1n) is 8.10. The first-order chi connectivity index (χ1) is 12.7. The van der Waals surface area contributed by atoms with Crippen LogP contribution in [0.3, 0.4) is 0 Å². The molecular formula is C21H18ClN3S. The number of nitrogens with two attached hydrogens (primary N) is 1. The van der Waals surface area contributed by atoms with Crippen molar-refractivity contribution < 1.29 is 0 Å². The Labute approximate surface area is 162 Å². The van der Waals surface area contributed by atoms with E-state index in [9.17, 15) is 0 Å². The van der Waals surface area contributed by atoms with Crippen molar-refractivity contribution in [2.75, 3.05) is 0 Å². The molecule has 3 rings (SSSR count). The van der Waals surface area contributed by atoms with E-state index in [2.05, 4.69) is 22.3 Å². The fourth-order valence-corrected chi connectivity index (χ4v) is 3.21. The molecule has 0 amide bonds. The summed E-state index contributed by atoms with van der Waals surface area (Å²) in [6.07, 6.45) is 1.69. The molecule has 3 aromatic carbocycles. The first-order valence-corrected chi connectivity index (χ1v) is 9.47. The molecule has 0 saturated carbocycles. The monoisotopic (exact) mass is 379 g/mol. The van der Waals surface area contributed by atoms with E-state index in [4.69, 9.17) is 17.3 Å². The van der Waals surface area contributed by atoms with Gasteiger partial charge in [0, 0.05) is 16.3 Å². The molecule has 130 valence electrons. The highest BCUT2D eigenvalue weighted by atomic mass is 35.5. The predicted molar refractivity (Wildman–Crippen MR) is 114 cm³/mol. The maximum Gasteiger partial charge on any atom is 0.180 e. The molecule has 0 heterocycles. The summed E-state index contributed by atoms with van der Waals surface area (Å²) >= 11 is 7.70. The number of nitrogens with zero attached hydrogens (tertiary/aromatic N) is 2. The van der Waals surface area contributed by atoms with Crippen LogP contribution in [-0.2, 0) is 5.75 Å². The molecule has 0 fully saturated rings. The van der Waals surface area contributed by atoms with Gasteiger partial charge in [-0.2, -0.15) is 5.10 Å². The lowest BCUT2D eigenvalue weighted by Crippen LogP contribution is -2.05. The van der Waals surface area contributed by atoms with Gasteiger partial charge in [-0.3, -0.25) is 0 Å². The van der Waals surface area contributed by atoms with Gasteiger partial charge in [-0.1, -0.05) is 96.2 Å². The van der Waals surface area contributed by atoms with E-state index in [1.165, 1.54) is 17.3 Å². The van der Waals surface area contributed by atoms with E-state index >= 15 is 0 Å². The largest absolute Gasteiger partial charge is 0.377 e. The van der Waals surface area contributed by atoms with Crippen LogP contribution >= 0.6 is 23.4 Å². The molecule has 26 heavy (non-hydrogen) atoms. The van der Waals surface area contributed by atoms with Crippen molar-refractivity contribution in [2.45, 2.75) is 5.75 Å². The van der Waals surface area contributed by atoms with Gasteiger partial charge in [0.15, 0.2) is 5.17 Å². The summed E-state index contributed by atoms with van der Waals surface area (Å²) in [6.45, 7) is 0. The SMILES string of the molecule is NC(=NN=Cc1ccc(-c2ccccc2Cl)cc1)SCc1ccccc1. The van der Waals surface area contributed by atoms with Crippen molar-refractivity contribution in [2.24, 2.45) is 15.9 Å². The quantitative estimate of drug-likeness (QED) is 0.357. The van der Waals surface area contributed by atoms with E-state index in [0.29, 0.717) is 5.17 Å². The second-order valence-electron chi connectivity index (χ2n) is 5.56. The normalized spacial score (nSPS) is 11.8. The lowest BCUT2D eigenvalue weighted by Gasteiger charge is -2.04. The molecule has 0 unspecified atom stereocenters. The van der Waals surface area contributed by atoms with E-state index in [1.54, 1.807) is 6.21 Å². The fourth-order valence-electron chi connectivity index (χ4n) is 2.36. The zero-order valence-electron chi connectivity index (χ0n) is 14.0. The summed E-state index contributed by atoms with van der Waals surface area (Å²) in [5.41, 5.74) is 10.1. The minimum Gasteiger partial charge on any atom is -0.377 e. The molecule has 3 nitrogen and oxygen atoms in total. The molecule has 0 bridgehead atoms. The number of benzene rings is 3. The number of rotatable bonds is 5. The summed E-state index contributed by atoms with van der Waals surface area (Å²) in [7, 11) is 0. The molecule has 0 aromatic heterocycles. The Balaban J connectivity index is 1.59. The second-order valence-corrected chi connectivity index (χ2v) is 6.96. The molecule has 5 heteroatoms. The maximum absolute atomic E-state index is 6.23. The minimum absolute atomic E-state index is 0.442. The van der Waals surface area contributed by atoms with Gasteiger partial charge in [0.05, 0.1) is 6.21 Å². The molecular weight excluding hydrogens is 362 g/mol. The van der Waals surface area contributed by atoms with Crippen molar-refractivity contribution in [3.05, 3.63) is 95.0 Å². The average molecular weight is 380 g/mol. The minimum atomic E-state index is 0.442. The van der Waals surface area contributed by atoms with Gasteiger partial charge in [0.2, 0.25) is 0 Å². The molecule has 0 saturated heterocycles. The maximum atomic E-state index is 6.23. The highest BCUT2D eigenvalue weighted by Crippen LogP contribution is 2.27. The Morgan fingerprint density at radius 2 is 1.62 bits per heavy atom. The summed E-state index contributed by atoms with van der Waals surface area (Å²) in [5, 5.41) is 9.28. The molecule has 0 radical (unpaired) electrons. The third kappa shape index (κ3) is 5.22. The smallest absolute Gasteiger partial charge is 0.180 e. The Hall–Kier alpha value is -2.56. The molecule has 0 aliphatic heterocycles. The van der Waals surface area contributed by atoms with Gasteiger partial charge in [-0.15, -0.1) is 5.10 Å². The Bertz CT molecular complexity index is 906. The van der Waals surface area contributed by atoms with Crippen molar-refractivity contribution in [1.29, 1.82) is 0 Å². The number of thioether (sulfide) groups is 1. The zero-order valence-corrected chi connectivity index (χ0v) is 15.6. The molecule has 0 aliphatic carbocycles. The summed E-state index contributed by atoms with van der Waals surface area (Å²) in [6, 6.07) is 25.9.